The molecule has 122 valence electrons. The third-order valence-corrected chi connectivity index (χ3v) is 3.92. The van der Waals surface area contributed by atoms with E-state index < -0.39 is 12.1 Å². The van der Waals surface area contributed by atoms with Gasteiger partial charge in [-0.25, -0.2) is 14.8 Å². The number of carbonyl (C=O) groups is 1. The van der Waals surface area contributed by atoms with Crippen LogP contribution in [-0.2, 0) is 4.74 Å². The van der Waals surface area contributed by atoms with Crippen molar-refractivity contribution in [3.63, 3.8) is 0 Å². The molecule has 3 atom stereocenters. The number of aryl methyl sites for hydroxylation is 1. The molecule has 0 aromatic carbocycles. The van der Waals surface area contributed by atoms with Crippen LogP contribution in [0.5, 0.6) is 0 Å². The maximum Gasteiger partial charge on any atom is 0.341 e. The Bertz CT molecular complexity index is 688. The van der Waals surface area contributed by atoms with Gasteiger partial charge in [-0.2, -0.15) is 5.10 Å². The van der Waals surface area contributed by atoms with Gasteiger partial charge in [0.05, 0.1) is 36.1 Å². The van der Waals surface area contributed by atoms with Crippen molar-refractivity contribution < 1.29 is 14.6 Å². The van der Waals surface area contributed by atoms with Crippen LogP contribution >= 0.6 is 0 Å². The minimum absolute atomic E-state index is 0.0160. The Labute approximate surface area is 133 Å². The first-order valence-electron chi connectivity index (χ1n) is 7.54. The standard InChI is InChI=1S/C15H19N5O3/c1-3-23-14(22)10-8-16-15(18-9(10)2)19-11-7-12(21)13(11)20-6-4-5-17-20/h4-6,8,11-13,21H,3,7H2,1-2H3,(H,16,18,19). The van der Waals surface area contributed by atoms with Gasteiger partial charge in [0.15, 0.2) is 0 Å². The lowest BCUT2D eigenvalue weighted by molar-refractivity contribution is 0.0132. The van der Waals surface area contributed by atoms with E-state index in [1.165, 1.54) is 6.20 Å². The van der Waals surface area contributed by atoms with Crippen LogP contribution in [0.1, 0.15) is 35.4 Å². The quantitative estimate of drug-likeness (QED) is 0.791. The largest absolute Gasteiger partial charge is 0.462 e. The molecule has 0 spiro atoms. The molecule has 1 aliphatic rings. The summed E-state index contributed by atoms with van der Waals surface area (Å²) in [6.45, 7) is 3.80. The Hall–Kier alpha value is -2.48. The van der Waals surface area contributed by atoms with E-state index in [1.807, 2.05) is 12.3 Å². The number of ether oxygens (including phenoxy) is 1. The normalized spacial score (nSPS) is 23.2. The second-order valence-electron chi connectivity index (χ2n) is 5.44. The van der Waals surface area contributed by atoms with Crippen LogP contribution in [0.15, 0.2) is 24.7 Å². The summed E-state index contributed by atoms with van der Waals surface area (Å²) in [6, 6.07) is 1.65. The number of nitrogens with one attached hydrogen (secondary N) is 1. The molecular formula is C15H19N5O3. The smallest absolute Gasteiger partial charge is 0.341 e. The first-order chi connectivity index (χ1) is 11.1. The summed E-state index contributed by atoms with van der Waals surface area (Å²) in [5, 5.41) is 17.3. The second kappa shape index (κ2) is 6.33. The van der Waals surface area contributed by atoms with Crippen LogP contribution in [0, 0.1) is 6.92 Å². The number of hydrogen-bond acceptors (Lipinski definition) is 7. The fraction of sp³-hybridized carbons (Fsp3) is 0.467. The highest BCUT2D eigenvalue weighted by Crippen LogP contribution is 2.34. The van der Waals surface area contributed by atoms with E-state index in [9.17, 15) is 9.90 Å². The number of rotatable bonds is 5. The highest BCUT2D eigenvalue weighted by Gasteiger charge is 2.42. The zero-order valence-corrected chi connectivity index (χ0v) is 13.0. The molecule has 2 heterocycles. The van der Waals surface area contributed by atoms with Crippen LogP contribution < -0.4 is 5.32 Å². The van der Waals surface area contributed by atoms with Crippen LogP contribution in [-0.4, -0.2) is 49.6 Å². The number of aliphatic hydroxyl groups excluding tert-OH is 1. The van der Waals surface area contributed by atoms with Gasteiger partial charge in [-0.15, -0.1) is 0 Å². The predicted octanol–water partition coefficient (Wildman–Crippen LogP) is 0.945. The van der Waals surface area contributed by atoms with Gasteiger partial charge in [0, 0.05) is 18.6 Å². The third-order valence-electron chi connectivity index (χ3n) is 3.92. The van der Waals surface area contributed by atoms with E-state index in [0.717, 1.165) is 0 Å². The zero-order valence-electron chi connectivity index (χ0n) is 13.0. The van der Waals surface area contributed by atoms with E-state index in [0.29, 0.717) is 30.2 Å². The van der Waals surface area contributed by atoms with E-state index in [4.69, 9.17) is 4.74 Å². The molecule has 2 N–H and O–H groups in total. The number of anilines is 1. The topological polar surface area (TPSA) is 102 Å². The fourth-order valence-corrected chi connectivity index (χ4v) is 2.68. The summed E-state index contributed by atoms with van der Waals surface area (Å²) in [5.41, 5.74) is 0.908. The van der Waals surface area contributed by atoms with Crippen LogP contribution in [0.3, 0.4) is 0 Å². The molecule has 3 rings (SSSR count). The number of nitrogens with zero attached hydrogens (tertiary/aromatic N) is 4. The molecule has 0 aliphatic heterocycles. The minimum atomic E-state index is -0.452. The lowest BCUT2D eigenvalue weighted by atomic mass is 9.83. The molecule has 2 aromatic rings. The van der Waals surface area contributed by atoms with Crippen LogP contribution in [0.2, 0.25) is 0 Å². The van der Waals surface area contributed by atoms with Crippen molar-refractivity contribution in [2.75, 3.05) is 11.9 Å². The fourth-order valence-electron chi connectivity index (χ4n) is 2.68. The maximum absolute atomic E-state index is 11.7. The van der Waals surface area contributed by atoms with Crippen molar-refractivity contribution in [1.82, 2.24) is 19.7 Å². The highest BCUT2D eigenvalue weighted by atomic mass is 16.5. The van der Waals surface area contributed by atoms with Crippen molar-refractivity contribution in [2.45, 2.75) is 38.5 Å². The van der Waals surface area contributed by atoms with Crippen LogP contribution in [0.25, 0.3) is 0 Å². The van der Waals surface area contributed by atoms with E-state index in [2.05, 4.69) is 20.4 Å². The first kappa shape index (κ1) is 15.4. The number of aromatic nitrogens is 4. The monoisotopic (exact) mass is 317 g/mol. The van der Waals surface area contributed by atoms with Gasteiger partial charge in [-0.1, -0.05) is 0 Å². The third kappa shape index (κ3) is 3.02. The van der Waals surface area contributed by atoms with Crippen molar-refractivity contribution in [1.29, 1.82) is 0 Å². The number of aliphatic hydroxyl groups is 1. The predicted molar refractivity (Wildman–Crippen MR) is 82.0 cm³/mol. The first-order valence-corrected chi connectivity index (χ1v) is 7.54. The average Bonchev–Trinajstić information content (AvgIpc) is 3.00. The van der Waals surface area contributed by atoms with Gasteiger partial charge in [-0.05, 0) is 26.3 Å². The molecule has 1 aliphatic carbocycles. The molecule has 1 fully saturated rings. The molecule has 8 heteroatoms. The molecule has 0 saturated heterocycles. The summed E-state index contributed by atoms with van der Waals surface area (Å²) in [4.78, 5) is 20.2. The van der Waals surface area contributed by atoms with Crippen molar-refractivity contribution >= 4 is 11.9 Å². The average molecular weight is 317 g/mol. The van der Waals surface area contributed by atoms with Gasteiger partial charge >= 0.3 is 5.97 Å². The van der Waals surface area contributed by atoms with E-state index in [-0.39, 0.29) is 12.1 Å². The Morgan fingerprint density at radius 3 is 3.00 bits per heavy atom. The van der Waals surface area contributed by atoms with Gasteiger partial charge in [-0.3, -0.25) is 4.68 Å². The second-order valence-corrected chi connectivity index (χ2v) is 5.44. The number of carbonyl (C=O) groups excluding carboxylic acids is 1. The van der Waals surface area contributed by atoms with Gasteiger partial charge in [0.2, 0.25) is 5.95 Å². The molecule has 1 saturated carbocycles. The zero-order chi connectivity index (χ0) is 16.4. The molecule has 0 amide bonds. The summed E-state index contributed by atoms with van der Waals surface area (Å²) in [5.74, 6) is -0.00496. The van der Waals surface area contributed by atoms with Crippen LogP contribution in [0.4, 0.5) is 5.95 Å². The Morgan fingerprint density at radius 2 is 2.39 bits per heavy atom. The summed E-state index contributed by atoms with van der Waals surface area (Å²) in [6.07, 6.45) is 5.09. The summed E-state index contributed by atoms with van der Waals surface area (Å²) < 4.78 is 6.69. The highest BCUT2D eigenvalue weighted by molar-refractivity contribution is 5.90. The Balaban J connectivity index is 1.71. The van der Waals surface area contributed by atoms with Gasteiger partial charge in [0.1, 0.15) is 0 Å². The van der Waals surface area contributed by atoms with Crippen molar-refractivity contribution in [3.8, 4) is 0 Å². The molecule has 23 heavy (non-hydrogen) atoms. The lowest BCUT2D eigenvalue weighted by Gasteiger charge is -2.41. The number of esters is 1. The summed E-state index contributed by atoms with van der Waals surface area (Å²) in [7, 11) is 0. The van der Waals surface area contributed by atoms with Gasteiger partial charge < -0.3 is 15.2 Å². The molecule has 0 bridgehead atoms. The Kier molecular flexibility index (Phi) is 4.24. The minimum Gasteiger partial charge on any atom is -0.462 e. The SMILES string of the molecule is CCOC(=O)c1cnc(NC2CC(O)C2n2cccn2)nc1C. The summed E-state index contributed by atoms with van der Waals surface area (Å²) >= 11 is 0. The molecule has 2 aromatic heterocycles. The molecule has 3 unspecified atom stereocenters. The maximum atomic E-state index is 11.7. The van der Waals surface area contributed by atoms with Crippen molar-refractivity contribution in [3.05, 3.63) is 35.9 Å². The lowest BCUT2D eigenvalue weighted by Crippen LogP contribution is -2.51. The van der Waals surface area contributed by atoms with Crippen molar-refractivity contribution in [2.24, 2.45) is 0 Å². The molecule has 8 nitrogen and oxygen atoms in total. The molecule has 0 radical (unpaired) electrons. The van der Waals surface area contributed by atoms with E-state index >= 15 is 0 Å². The van der Waals surface area contributed by atoms with E-state index in [1.54, 1.807) is 24.7 Å². The Morgan fingerprint density at radius 1 is 1.57 bits per heavy atom. The number of hydrogen-bond donors (Lipinski definition) is 2. The molecular weight excluding hydrogens is 298 g/mol. The van der Waals surface area contributed by atoms with Gasteiger partial charge in [0.25, 0.3) is 0 Å².